The summed E-state index contributed by atoms with van der Waals surface area (Å²) in [5, 5.41) is 8.09. The second-order valence-electron chi connectivity index (χ2n) is 5.42. The zero-order valence-corrected chi connectivity index (χ0v) is 14.0. The van der Waals surface area contributed by atoms with E-state index in [9.17, 15) is 0 Å². The molecule has 0 amide bonds. The molecule has 0 radical (unpaired) electrons. The Bertz CT molecular complexity index is 599. The van der Waals surface area contributed by atoms with Gasteiger partial charge in [-0.2, -0.15) is 4.98 Å². The topological polar surface area (TPSA) is 54.2 Å². The monoisotopic (exact) mass is 342 g/mol. The average Bonchev–Trinajstić information content (AvgIpc) is 2.97. The molecular weight excluding hydrogens is 323 g/mol. The van der Waals surface area contributed by atoms with Gasteiger partial charge in [0.2, 0.25) is 11.7 Å². The first-order valence-electron chi connectivity index (χ1n) is 7.22. The first-order valence-corrected chi connectivity index (χ1v) is 7.59. The Hall–Kier alpha value is -1.14. The average molecular weight is 343 g/mol. The number of piperidine rings is 1. The molecule has 1 aliphatic heterocycles. The maximum Gasteiger partial charge on any atom is 0.241 e. The van der Waals surface area contributed by atoms with Crippen LogP contribution in [0.1, 0.15) is 18.7 Å². The summed E-state index contributed by atoms with van der Waals surface area (Å²) in [5.74, 6) is 1.23. The highest BCUT2D eigenvalue weighted by Crippen LogP contribution is 2.20. The molecule has 5 nitrogen and oxygen atoms in total. The zero-order valence-electron chi connectivity index (χ0n) is 12.5. The molecule has 1 aromatic heterocycles. The lowest BCUT2D eigenvalue weighted by Gasteiger charge is -2.30. The SMILES string of the molecule is CN(Cc1nc(-c2cccc(Cl)c2)no1)C1CCNCC1.Cl. The Morgan fingerprint density at radius 2 is 2.14 bits per heavy atom. The van der Waals surface area contributed by atoms with E-state index in [2.05, 4.69) is 27.4 Å². The molecule has 0 saturated carbocycles. The number of nitrogens with zero attached hydrogens (tertiary/aromatic N) is 3. The van der Waals surface area contributed by atoms with Crippen molar-refractivity contribution < 1.29 is 4.52 Å². The summed E-state index contributed by atoms with van der Waals surface area (Å²) in [6, 6.07) is 8.06. The van der Waals surface area contributed by atoms with E-state index in [0.29, 0.717) is 29.3 Å². The molecule has 7 heteroatoms. The number of hydrogen-bond acceptors (Lipinski definition) is 5. The molecule has 2 aromatic rings. The Morgan fingerprint density at radius 3 is 2.86 bits per heavy atom. The van der Waals surface area contributed by atoms with Gasteiger partial charge in [-0.05, 0) is 45.1 Å². The maximum absolute atomic E-state index is 5.99. The van der Waals surface area contributed by atoms with Crippen molar-refractivity contribution in [3.8, 4) is 11.4 Å². The van der Waals surface area contributed by atoms with Crippen molar-refractivity contribution in [2.45, 2.75) is 25.4 Å². The third-order valence-corrected chi connectivity index (χ3v) is 4.10. The minimum absolute atomic E-state index is 0. The second-order valence-corrected chi connectivity index (χ2v) is 5.85. The van der Waals surface area contributed by atoms with Gasteiger partial charge in [-0.3, -0.25) is 4.90 Å². The molecule has 0 atom stereocenters. The van der Waals surface area contributed by atoms with E-state index in [1.54, 1.807) is 0 Å². The minimum Gasteiger partial charge on any atom is -0.338 e. The van der Waals surface area contributed by atoms with Crippen LogP contribution in [-0.4, -0.2) is 41.2 Å². The Balaban J connectivity index is 0.00000176. The van der Waals surface area contributed by atoms with Crippen molar-refractivity contribution >= 4 is 24.0 Å². The molecule has 2 heterocycles. The van der Waals surface area contributed by atoms with Crippen LogP contribution in [0.25, 0.3) is 11.4 Å². The lowest BCUT2D eigenvalue weighted by atomic mass is 10.1. The predicted octanol–water partition coefficient (Wildman–Crippen LogP) is 3.00. The summed E-state index contributed by atoms with van der Waals surface area (Å²) < 4.78 is 5.36. The fraction of sp³-hybridized carbons (Fsp3) is 0.467. The highest BCUT2D eigenvalue weighted by molar-refractivity contribution is 6.30. The fourth-order valence-electron chi connectivity index (χ4n) is 2.65. The highest BCUT2D eigenvalue weighted by atomic mass is 35.5. The fourth-order valence-corrected chi connectivity index (χ4v) is 2.84. The largest absolute Gasteiger partial charge is 0.338 e. The van der Waals surface area contributed by atoms with Crippen LogP contribution in [0.15, 0.2) is 28.8 Å². The van der Waals surface area contributed by atoms with Crippen molar-refractivity contribution in [1.29, 1.82) is 0 Å². The first-order chi connectivity index (χ1) is 10.2. The van der Waals surface area contributed by atoms with Crippen molar-refractivity contribution in [3.05, 3.63) is 35.2 Å². The summed E-state index contributed by atoms with van der Waals surface area (Å²) >= 11 is 5.99. The lowest BCUT2D eigenvalue weighted by Crippen LogP contribution is -2.40. The van der Waals surface area contributed by atoms with Gasteiger partial charge < -0.3 is 9.84 Å². The molecule has 1 N–H and O–H groups in total. The number of hydrogen-bond donors (Lipinski definition) is 1. The Kier molecular flexibility index (Phi) is 6.20. The predicted molar refractivity (Wildman–Crippen MR) is 89.4 cm³/mol. The van der Waals surface area contributed by atoms with Crippen LogP contribution < -0.4 is 5.32 Å². The second kappa shape index (κ2) is 7.92. The van der Waals surface area contributed by atoms with Crippen LogP contribution in [0, 0.1) is 0 Å². The summed E-state index contributed by atoms with van der Waals surface area (Å²) in [7, 11) is 2.11. The van der Waals surface area contributed by atoms with Gasteiger partial charge in [0.05, 0.1) is 6.54 Å². The number of rotatable bonds is 4. The molecule has 120 valence electrons. The van der Waals surface area contributed by atoms with Crippen molar-refractivity contribution in [2.24, 2.45) is 0 Å². The molecule has 1 aromatic carbocycles. The van der Waals surface area contributed by atoms with Crippen LogP contribution in [0.5, 0.6) is 0 Å². The number of nitrogens with one attached hydrogen (secondary N) is 1. The van der Waals surface area contributed by atoms with E-state index < -0.39 is 0 Å². The molecule has 1 saturated heterocycles. The molecule has 0 aliphatic carbocycles. The van der Waals surface area contributed by atoms with Gasteiger partial charge in [-0.15, -0.1) is 12.4 Å². The van der Waals surface area contributed by atoms with E-state index in [1.807, 2.05) is 24.3 Å². The summed E-state index contributed by atoms with van der Waals surface area (Å²) in [6.07, 6.45) is 2.32. The van der Waals surface area contributed by atoms with Crippen molar-refractivity contribution in [3.63, 3.8) is 0 Å². The van der Waals surface area contributed by atoms with E-state index >= 15 is 0 Å². The van der Waals surface area contributed by atoms with E-state index in [-0.39, 0.29) is 12.4 Å². The Morgan fingerprint density at radius 1 is 1.36 bits per heavy atom. The van der Waals surface area contributed by atoms with Crippen molar-refractivity contribution in [1.82, 2.24) is 20.4 Å². The summed E-state index contributed by atoms with van der Waals surface area (Å²) in [4.78, 5) is 6.75. The third kappa shape index (κ3) is 4.20. The van der Waals surface area contributed by atoms with Crippen LogP contribution in [0.3, 0.4) is 0 Å². The maximum atomic E-state index is 5.99. The van der Waals surface area contributed by atoms with Crippen molar-refractivity contribution in [2.75, 3.05) is 20.1 Å². The molecule has 22 heavy (non-hydrogen) atoms. The van der Waals surface area contributed by atoms with Gasteiger partial charge in [0.15, 0.2) is 0 Å². The Labute approximate surface area is 141 Å². The van der Waals surface area contributed by atoms with Crippen LogP contribution in [0.2, 0.25) is 5.02 Å². The molecule has 3 rings (SSSR count). The van der Waals surface area contributed by atoms with Gasteiger partial charge in [0, 0.05) is 16.6 Å². The number of benzene rings is 1. The molecule has 1 aliphatic rings. The normalized spacial score (nSPS) is 15.8. The summed E-state index contributed by atoms with van der Waals surface area (Å²) in [5.41, 5.74) is 0.877. The van der Waals surface area contributed by atoms with E-state index in [4.69, 9.17) is 16.1 Å². The molecule has 0 unspecified atom stereocenters. The lowest BCUT2D eigenvalue weighted by molar-refractivity contribution is 0.171. The van der Waals surface area contributed by atoms with Crippen LogP contribution >= 0.6 is 24.0 Å². The molecule has 1 fully saturated rings. The summed E-state index contributed by atoms with van der Waals surface area (Å²) in [6.45, 7) is 2.83. The van der Waals surface area contributed by atoms with Gasteiger partial charge >= 0.3 is 0 Å². The third-order valence-electron chi connectivity index (χ3n) is 3.87. The first kappa shape index (κ1) is 17.2. The van der Waals surface area contributed by atoms with E-state index in [1.165, 1.54) is 0 Å². The van der Waals surface area contributed by atoms with Gasteiger partial charge in [0.1, 0.15) is 0 Å². The standard InChI is InChI=1S/C15H19ClN4O.ClH/c1-20(13-5-7-17-8-6-13)10-14-18-15(19-21-14)11-3-2-4-12(16)9-11;/h2-4,9,13,17H,5-8,10H2,1H3;1H. The van der Waals surface area contributed by atoms with E-state index in [0.717, 1.165) is 31.5 Å². The van der Waals surface area contributed by atoms with Crippen LogP contribution in [0.4, 0.5) is 0 Å². The minimum atomic E-state index is 0. The smallest absolute Gasteiger partial charge is 0.241 e. The van der Waals surface area contributed by atoms with Crippen LogP contribution in [-0.2, 0) is 6.54 Å². The van der Waals surface area contributed by atoms with Gasteiger partial charge in [-0.1, -0.05) is 28.9 Å². The molecule has 0 bridgehead atoms. The zero-order chi connectivity index (χ0) is 14.7. The number of aromatic nitrogens is 2. The molecular formula is C15H20Cl2N4O. The number of halogens is 2. The van der Waals surface area contributed by atoms with Gasteiger partial charge in [-0.25, -0.2) is 0 Å². The molecule has 0 spiro atoms. The van der Waals surface area contributed by atoms with Gasteiger partial charge in [0.25, 0.3) is 0 Å². The highest BCUT2D eigenvalue weighted by Gasteiger charge is 2.20. The quantitative estimate of drug-likeness (QED) is 0.925.